The Hall–Kier alpha value is -1.39. The second kappa shape index (κ2) is 5.80. The van der Waals surface area contributed by atoms with Crippen molar-refractivity contribution in [1.29, 1.82) is 0 Å². The van der Waals surface area contributed by atoms with Crippen LogP contribution in [0.5, 0.6) is 5.75 Å². The lowest BCUT2D eigenvalue weighted by molar-refractivity contribution is 0.298. The van der Waals surface area contributed by atoms with Gasteiger partial charge < -0.3 is 9.84 Å². The van der Waals surface area contributed by atoms with Crippen molar-refractivity contribution in [3.63, 3.8) is 0 Å². The molecule has 0 saturated heterocycles. The molecular formula is C13H15NO2S. The van der Waals surface area contributed by atoms with E-state index in [0.29, 0.717) is 13.0 Å². The number of benzene rings is 1. The zero-order chi connectivity index (χ0) is 12.1. The van der Waals surface area contributed by atoms with Crippen LogP contribution in [0.4, 0.5) is 0 Å². The minimum absolute atomic E-state index is 0.179. The van der Waals surface area contributed by atoms with Gasteiger partial charge in [0.05, 0.1) is 0 Å². The molecule has 90 valence electrons. The molecule has 0 unspecified atom stereocenters. The summed E-state index contributed by atoms with van der Waals surface area (Å²) >= 11 is 1.61. The Morgan fingerprint density at radius 2 is 2.06 bits per heavy atom. The molecule has 0 amide bonds. The summed E-state index contributed by atoms with van der Waals surface area (Å²) in [5.74, 6) is 0.833. The Bertz CT molecular complexity index is 465. The molecule has 1 N–H and O–H groups in total. The quantitative estimate of drug-likeness (QED) is 0.885. The Labute approximate surface area is 105 Å². The SMILES string of the molecule is Cc1csc(COc2ccc(CCO)cc2)n1. The lowest BCUT2D eigenvalue weighted by Crippen LogP contribution is -1.95. The molecule has 1 heterocycles. The van der Waals surface area contributed by atoms with Gasteiger partial charge in [0.15, 0.2) is 0 Å². The maximum Gasteiger partial charge on any atom is 0.140 e. The number of thiazole rings is 1. The molecule has 0 aliphatic carbocycles. The molecule has 2 rings (SSSR count). The van der Waals surface area contributed by atoms with Crippen molar-refractivity contribution in [2.24, 2.45) is 0 Å². The number of aryl methyl sites for hydroxylation is 1. The van der Waals surface area contributed by atoms with Gasteiger partial charge in [-0.1, -0.05) is 12.1 Å². The van der Waals surface area contributed by atoms with Crippen LogP contribution in [0.25, 0.3) is 0 Å². The van der Waals surface area contributed by atoms with Gasteiger partial charge in [0.2, 0.25) is 0 Å². The normalized spacial score (nSPS) is 10.5. The molecule has 17 heavy (non-hydrogen) atoms. The van der Waals surface area contributed by atoms with E-state index in [1.54, 1.807) is 11.3 Å². The predicted octanol–water partition coefficient (Wildman–Crippen LogP) is 2.57. The smallest absolute Gasteiger partial charge is 0.140 e. The first-order chi connectivity index (χ1) is 8.28. The second-order valence-corrected chi connectivity index (χ2v) is 4.73. The molecule has 1 aromatic heterocycles. The van der Waals surface area contributed by atoms with Crippen LogP contribution in [-0.4, -0.2) is 16.7 Å². The summed E-state index contributed by atoms with van der Waals surface area (Å²) in [5, 5.41) is 11.8. The van der Waals surface area contributed by atoms with E-state index in [1.807, 2.05) is 36.6 Å². The predicted molar refractivity (Wildman–Crippen MR) is 68.4 cm³/mol. The van der Waals surface area contributed by atoms with Crippen molar-refractivity contribution in [2.45, 2.75) is 20.0 Å². The first kappa shape index (κ1) is 12.1. The molecule has 0 saturated carbocycles. The minimum atomic E-state index is 0.179. The zero-order valence-electron chi connectivity index (χ0n) is 9.72. The standard InChI is InChI=1S/C13H15NO2S/c1-10-9-17-13(14-10)8-16-12-4-2-11(3-5-12)6-7-15/h2-5,9,15H,6-8H2,1H3. The highest BCUT2D eigenvalue weighted by Gasteiger charge is 2.00. The van der Waals surface area contributed by atoms with E-state index in [4.69, 9.17) is 9.84 Å². The molecule has 1 aromatic carbocycles. The van der Waals surface area contributed by atoms with Crippen LogP contribution in [0.1, 0.15) is 16.3 Å². The Kier molecular flexibility index (Phi) is 4.12. The largest absolute Gasteiger partial charge is 0.486 e. The van der Waals surface area contributed by atoms with Crippen molar-refractivity contribution in [1.82, 2.24) is 4.98 Å². The summed E-state index contributed by atoms with van der Waals surface area (Å²) in [6.45, 7) is 2.67. The second-order valence-electron chi connectivity index (χ2n) is 3.79. The third-order valence-electron chi connectivity index (χ3n) is 2.35. The van der Waals surface area contributed by atoms with Crippen LogP contribution in [-0.2, 0) is 13.0 Å². The van der Waals surface area contributed by atoms with Crippen LogP contribution < -0.4 is 4.74 Å². The van der Waals surface area contributed by atoms with E-state index < -0.39 is 0 Å². The van der Waals surface area contributed by atoms with Crippen LogP contribution in [0.2, 0.25) is 0 Å². The van der Waals surface area contributed by atoms with Gasteiger partial charge in [0.25, 0.3) is 0 Å². The highest BCUT2D eigenvalue weighted by Crippen LogP contribution is 2.16. The Morgan fingerprint density at radius 1 is 1.29 bits per heavy atom. The third-order valence-corrected chi connectivity index (χ3v) is 3.29. The number of hydrogen-bond donors (Lipinski definition) is 1. The van der Waals surface area contributed by atoms with Crippen molar-refractivity contribution < 1.29 is 9.84 Å². The van der Waals surface area contributed by atoms with Gasteiger partial charge in [-0.3, -0.25) is 0 Å². The van der Waals surface area contributed by atoms with Crippen LogP contribution in [0.3, 0.4) is 0 Å². The molecule has 0 bridgehead atoms. The molecule has 0 atom stereocenters. The van der Waals surface area contributed by atoms with Gasteiger partial charge in [0, 0.05) is 17.7 Å². The average Bonchev–Trinajstić information content (AvgIpc) is 2.75. The van der Waals surface area contributed by atoms with E-state index in [1.165, 1.54) is 0 Å². The van der Waals surface area contributed by atoms with Crippen molar-refractivity contribution >= 4 is 11.3 Å². The maximum atomic E-state index is 8.81. The number of nitrogens with zero attached hydrogens (tertiary/aromatic N) is 1. The van der Waals surface area contributed by atoms with Gasteiger partial charge in [-0.15, -0.1) is 11.3 Å². The molecule has 0 fully saturated rings. The number of hydrogen-bond acceptors (Lipinski definition) is 4. The topological polar surface area (TPSA) is 42.4 Å². The maximum absolute atomic E-state index is 8.81. The highest BCUT2D eigenvalue weighted by atomic mass is 32.1. The molecule has 0 aliphatic heterocycles. The first-order valence-corrected chi connectivity index (χ1v) is 6.39. The molecule has 3 nitrogen and oxygen atoms in total. The molecule has 4 heteroatoms. The lowest BCUT2D eigenvalue weighted by atomic mass is 10.1. The molecule has 0 aliphatic rings. The zero-order valence-corrected chi connectivity index (χ0v) is 10.5. The fraction of sp³-hybridized carbons (Fsp3) is 0.308. The Balaban J connectivity index is 1.90. The lowest BCUT2D eigenvalue weighted by Gasteiger charge is -2.05. The fourth-order valence-electron chi connectivity index (χ4n) is 1.50. The van der Waals surface area contributed by atoms with E-state index in [2.05, 4.69) is 4.98 Å². The van der Waals surface area contributed by atoms with Gasteiger partial charge in [0.1, 0.15) is 17.4 Å². The molecule has 0 spiro atoms. The monoisotopic (exact) mass is 249 g/mol. The van der Waals surface area contributed by atoms with Crippen molar-refractivity contribution in [3.05, 3.63) is 45.9 Å². The number of rotatable bonds is 5. The van der Waals surface area contributed by atoms with Crippen molar-refractivity contribution in [2.75, 3.05) is 6.61 Å². The van der Waals surface area contributed by atoms with Gasteiger partial charge in [-0.05, 0) is 31.0 Å². The molecular weight excluding hydrogens is 234 g/mol. The van der Waals surface area contributed by atoms with Crippen LogP contribution >= 0.6 is 11.3 Å². The minimum Gasteiger partial charge on any atom is -0.486 e. The number of aliphatic hydroxyl groups is 1. The summed E-state index contributed by atoms with van der Waals surface area (Å²) in [7, 11) is 0. The first-order valence-electron chi connectivity index (χ1n) is 5.51. The highest BCUT2D eigenvalue weighted by molar-refractivity contribution is 7.09. The molecule has 2 aromatic rings. The van der Waals surface area contributed by atoms with Crippen LogP contribution in [0, 0.1) is 6.92 Å². The average molecular weight is 249 g/mol. The van der Waals surface area contributed by atoms with E-state index in [0.717, 1.165) is 22.0 Å². The summed E-state index contributed by atoms with van der Waals surface area (Å²) < 4.78 is 5.62. The summed E-state index contributed by atoms with van der Waals surface area (Å²) in [6.07, 6.45) is 0.686. The Morgan fingerprint density at radius 3 is 2.65 bits per heavy atom. The number of aliphatic hydroxyl groups excluding tert-OH is 1. The van der Waals surface area contributed by atoms with Gasteiger partial charge in [-0.25, -0.2) is 4.98 Å². The third kappa shape index (κ3) is 3.54. The summed E-state index contributed by atoms with van der Waals surface area (Å²) in [4.78, 5) is 4.33. The molecule has 0 radical (unpaired) electrons. The van der Waals surface area contributed by atoms with E-state index in [9.17, 15) is 0 Å². The van der Waals surface area contributed by atoms with Crippen molar-refractivity contribution in [3.8, 4) is 5.75 Å². The van der Waals surface area contributed by atoms with E-state index in [-0.39, 0.29) is 6.61 Å². The van der Waals surface area contributed by atoms with Gasteiger partial charge >= 0.3 is 0 Å². The van der Waals surface area contributed by atoms with Crippen LogP contribution in [0.15, 0.2) is 29.6 Å². The number of aromatic nitrogens is 1. The number of ether oxygens (including phenoxy) is 1. The summed E-state index contributed by atoms with van der Waals surface area (Å²) in [5.41, 5.74) is 2.15. The fourth-order valence-corrected chi connectivity index (χ4v) is 2.18. The van der Waals surface area contributed by atoms with Gasteiger partial charge in [-0.2, -0.15) is 0 Å². The summed E-state index contributed by atoms with van der Waals surface area (Å²) in [6, 6.07) is 7.79. The van der Waals surface area contributed by atoms with E-state index >= 15 is 0 Å².